The first kappa shape index (κ1) is 14.5. The average Bonchev–Trinajstić information content (AvgIpc) is 2.38. The van der Waals surface area contributed by atoms with Gasteiger partial charge in [-0.3, -0.25) is 0 Å². The maximum absolute atomic E-state index is 12.8. The molecule has 0 amide bonds. The van der Waals surface area contributed by atoms with Gasteiger partial charge < -0.3 is 15.7 Å². The quantitative estimate of drug-likeness (QED) is 0.779. The van der Waals surface area contributed by atoms with Crippen LogP contribution in [0.2, 0.25) is 0 Å². The predicted octanol–water partition coefficient (Wildman–Crippen LogP) is 1.36. The zero-order chi connectivity index (χ0) is 14.8. The first-order valence-corrected chi connectivity index (χ1v) is 6.02. The minimum absolute atomic E-state index is 0.0204. The number of nitrogens with one attached hydrogen (secondary N) is 2. The lowest BCUT2D eigenvalue weighted by Gasteiger charge is -2.23. The number of hydrogen-bond donors (Lipinski definition) is 3. The number of rotatable bonds is 3. The van der Waals surface area contributed by atoms with E-state index in [1.54, 1.807) is 0 Å². The smallest absolute Gasteiger partial charge is 0.434 e. The minimum Gasteiger partial charge on any atom is -0.478 e. The van der Waals surface area contributed by atoms with Gasteiger partial charge in [-0.25, -0.2) is 14.8 Å². The van der Waals surface area contributed by atoms with Crippen LogP contribution in [0.5, 0.6) is 0 Å². The third-order valence-corrected chi connectivity index (χ3v) is 2.96. The Morgan fingerprint density at radius 3 is 2.60 bits per heavy atom. The molecule has 110 valence electrons. The Hall–Kier alpha value is -1.90. The highest BCUT2D eigenvalue weighted by Crippen LogP contribution is 2.30. The lowest BCUT2D eigenvalue weighted by molar-refractivity contribution is -0.141. The van der Waals surface area contributed by atoms with E-state index < -0.39 is 23.4 Å². The highest BCUT2D eigenvalue weighted by molar-refractivity contribution is 5.88. The van der Waals surface area contributed by atoms with Gasteiger partial charge in [-0.15, -0.1) is 0 Å². The summed E-state index contributed by atoms with van der Waals surface area (Å²) in [5, 5.41) is 14.7. The van der Waals surface area contributed by atoms with Crippen LogP contribution in [0.25, 0.3) is 0 Å². The second-order valence-electron chi connectivity index (χ2n) is 4.43. The van der Waals surface area contributed by atoms with E-state index in [1.807, 2.05) is 0 Å². The van der Waals surface area contributed by atoms with E-state index >= 15 is 0 Å². The summed E-state index contributed by atoms with van der Waals surface area (Å²) in [6.45, 7) is 1.52. The Morgan fingerprint density at radius 1 is 1.40 bits per heavy atom. The molecule has 1 fully saturated rings. The zero-order valence-electron chi connectivity index (χ0n) is 10.4. The summed E-state index contributed by atoms with van der Waals surface area (Å²) >= 11 is 0. The lowest BCUT2D eigenvalue weighted by atomic mass is 10.1. The summed E-state index contributed by atoms with van der Waals surface area (Å²) in [6, 6.07) is -0.0204. The summed E-state index contributed by atoms with van der Waals surface area (Å²) in [6.07, 6.45) is -2.67. The van der Waals surface area contributed by atoms with E-state index in [4.69, 9.17) is 5.11 Å². The fraction of sp³-hybridized carbons (Fsp3) is 0.545. The molecule has 0 unspecified atom stereocenters. The molecule has 2 heterocycles. The van der Waals surface area contributed by atoms with Gasteiger partial charge in [-0.1, -0.05) is 0 Å². The van der Waals surface area contributed by atoms with Crippen molar-refractivity contribution in [2.45, 2.75) is 25.1 Å². The number of halogens is 3. The van der Waals surface area contributed by atoms with Crippen LogP contribution in [0.3, 0.4) is 0 Å². The number of hydrogen-bond acceptors (Lipinski definition) is 5. The van der Waals surface area contributed by atoms with E-state index in [0.717, 1.165) is 25.9 Å². The molecule has 0 radical (unpaired) electrons. The van der Waals surface area contributed by atoms with Crippen molar-refractivity contribution in [3.05, 3.63) is 17.5 Å². The molecule has 1 aromatic rings. The molecule has 9 heteroatoms. The molecule has 20 heavy (non-hydrogen) atoms. The van der Waals surface area contributed by atoms with Crippen LogP contribution in [0.15, 0.2) is 6.20 Å². The number of piperidine rings is 1. The van der Waals surface area contributed by atoms with Crippen LogP contribution in [-0.2, 0) is 6.18 Å². The Kier molecular flexibility index (Phi) is 4.07. The first-order valence-electron chi connectivity index (χ1n) is 6.02. The average molecular weight is 290 g/mol. The molecule has 0 bridgehead atoms. The topological polar surface area (TPSA) is 87.1 Å². The number of carboxylic acid groups (broad SMARTS) is 1. The van der Waals surface area contributed by atoms with Crippen molar-refractivity contribution >= 4 is 11.9 Å². The SMILES string of the molecule is O=C(O)c1cnc(NC2CCNCC2)nc1C(F)(F)F. The Bertz CT molecular complexity index is 501. The zero-order valence-corrected chi connectivity index (χ0v) is 10.4. The first-order chi connectivity index (χ1) is 9.38. The van der Waals surface area contributed by atoms with Crippen LogP contribution in [0.1, 0.15) is 28.9 Å². The van der Waals surface area contributed by atoms with Gasteiger partial charge in [0.25, 0.3) is 0 Å². The molecular formula is C11H13F3N4O2. The molecule has 1 saturated heterocycles. The summed E-state index contributed by atoms with van der Waals surface area (Å²) in [7, 11) is 0. The lowest BCUT2D eigenvalue weighted by Crippen LogP contribution is -2.36. The number of carboxylic acids is 1. The van der Waals surface area contributed by atoms with E-state index in [9.17, 15) is 18.0 Å². The molecule has 0 spiro atoms. The molecule has 1 aliphatic heterocycles. The van der Waals surface area contributed by atoms with Crippen molar-refractivity contribution in [2.24, 2.45) is 0 Å². The normalized spacial score (nSPS) is 16.9. The van der Waals surface area contributed by atoms with Crippen molar-refractivity contribution < 1.29 is 23.1 Å². The summed E-state index contributed by atoms with van der Waals surface area (Å²) in [5.74, 6) is -1.90. The van der Waals surface area contributed by atoms with Crippen LogP contribution in [-0.4, -0.2) is 40.2 Å². The van der Waals surface area contributed by atoms with Crippen LogP contribution < -0.4 is 10.6 Å². The summed E-state index contributed by atoms with van der Waals surface area (Å²) < 4.78 is 38.3. The molecule has 3 N–H and O–H groups in total. The molecular weight excluding hydrogens is 277 g/mol. The maximum Gasteiger partial charge on any atom is 0.434 e. The number of aromatic carboxylic acids is 1. The largest absolute Gasteiger partial charge is 0.478 e. The van der Waals surface area contributed by atoms with Gasteiger partial charge in [0.15, 0.2) is 5.69 Å². The number of alkyl halides is 3. The minimum atomic E-state index is -4.83. The van der Waals surface area contributed by atoms with Crippen LogP contribution >= 0.6 is 0 Å². The van der Waals surface area contributed by atoms with E-state index in [1.165, 1.54) is 0 Å². The Morgan fingerprint density at radius 2 is 2.05 bits per heavy atom. The van der Waals surface area contributed by atoms with Gasteiger partial charge >= 0.3 is 12.1 Å². The second kappa shape index (κ2) is 5.61. The van der Waals surface area contributed by atoms with E-state index in [0.29, 0.717) is 6.20 Å². The number of anilines is 1. The Balaban J connectivity index is 2.25. The molecule has 0 saturated carbocycles. The number of aromatic nitrogens is 2. The van der Waals surface area contributed by atoms with Gasteiger partial charge in [0.2, 0.25) is 5.95 Å². The monoisotopic (exact) mass is 290 g/mol. The van der Waals surface area contributed by atoms with Crippen LogP contribution in [0.4, 0.5) is 19.1 Å². The third-order valence-electron chi connectivity index (χ3n) is 2.96. The van der Waals surface area contributed by atoms with Gasteiger partial charge in [0, 0.05) is 12.2 Å². The van der Waals surface area contributed by atoms with Gasteiger partial charge in [-0.05, 0) is 25.9 Å². The molecule has 0 aliphatic carbocycles. The highest BCUT2D eigenvalue weighted by atomic mass is 19.4. The van der Waals surface area contributed by atoms with Crippen LogP contribution in [0, 0.1) is 0 Å². The van der Waals surface area contributed by atoms with Crippen molar-refractivity contribution in [3.8, 4) is 0 Å². The second-order valence-corrected chi connectivity index (χ2v) is 4.43. The van der Waals surface area contributed by atoms with E-state index in [-0.39, 0.29) is 12.0 Å². The standard InChI is InChI=1S/C11H13F3N4O2/c12-11(13,14)8-7(9(19)20)5-16-10(18-8)17-6-1-3-15-4-2-6/h5-6,15H,1-4H2,(H,19,20)(H,16,17,18). The highest BCUT2D eigenvalue weighted by Gasteiger charge is 2.38. The molecule has 1 aliphatic rings. The van der Waals surface area contributed by atoms with Gasteiger partial charge in [0.05, 0.1) is 0 Å². The predicted molar refractivity (Wildman–Crippen MR) is 63.5 cm³/mol. The fourth-order valence-corrected chi connectivity index (χ4v) is 1.97. The molecule has 0 atom stereocenters. The fourth-order valence-electron chi connectivity index (χ4n) is 1.97. The van der Waals surface area contributed by atoms with E-state index in [2.05, 4.69) is 20.6 Å². The third kappa shape index (κ3) is 3.35. The van der Waals surface area contributed by atoms with Crippen molar-refractivity contribution in [1.29, 1.82) is 0 Å². The molecule has 6 nitrogen and oxygen atoms in total. The summed E-state index contributed by atoms with van der Waals surface area (Å²) in [4.78, 5) is 17.7. The summed E-state index contributed by atoms with van der Waals surface area (Å²) in [5.41, 5.74) is -2.38. The van der Waals surface area contributed by atoms with Crippen molar-refractivity contribution in [1.82, 2.24) is 15.3 Å². The van der Waals surface area contributed by atoms with Gasteiger partial charge in [0.1, 0.15) is 5.56 Å². The maximum atomic E-state index is 12.8. The van der Waals surface area contributed by atoms with Crippen molar-refractivity contribution in [2.75, 3.05) is 18.4 Å². The Labute approximate surface area is 112 Å². The van der Waals surface area contributed by atoms with Gasteiger partial charge in [-0.2, -0.15) is 13.2 Å². The number of carbonyl (C=O) groups is 1. The molecule has 2 rings (SSSR count). The molecule has 0 aromatic carbocycles. The molecule has 1 aromatic heterocycles. The van der Waals surface area contributed by atoms with Crippen molar-refractivity contribution in [3.63, 3.8) is 0 Å². The number of nitrogens with zero attached hydrogens (tertiary/aromatic N) is 2.